The molecule has 1 unspecified atom stereocenters. The first-order valence-electron chi connectivity index (χ1n) is 11.7. The molecular weight excluding hydrogens is 394 g/mol. The summed E-state index contributed by atoms with van der Waals surface area (Å²) in [5, 5.41) is 11.1. The van der Waals surface area contributed by atoms with Crippen molar-refractivity contribution >= 4 is 22.8 Å². The number of hydrogen-bond donors (Lipinski definition) is 2. The van der Waals surface area contributed by atoms with E-state index in [1.165, 1.54) is 48.7 Å². The number of aromatic nitrogens is 2. The molecule has 1 atom stereocenters. The number of imide groups is 1. The van der Waals surface area contributed by atoms with Crippen molar-refractivity contribution in [2.45, 2.75) is 83.1 Å². The Labute approximate surface area is 183 Å². The maximum Gasteiger partial charge on any atom is 0.329 e. The van der Waals surface area contributed by atoms with Gasteiger partial charge in [-0.15, -0.1) is 0 Å². The predicted octanol–water partition coefficient (Wildman–Crippen LogP) is 3.36. The van der Waals surface area contributed by atoms with Crippen LogP contribution in [0.15, 0.2) is 23.0 Å². The highest BCUT2D eigenvalue weighted by Gasteiger charge is 2.31. The van der Waals surface area contributed by atoms with Gasteiger partial charge in [-0.05, 0) is 43.4 Å². The molecule has 2 aromatic rings. The molecule has 1 saturated heterocycles. The van der Waals surface area contributed by atoms with Crippen LogP contribution in [0, 0.1) is 0 Å². The van der Waals surface area contributed by atoms with Crippen LogP contribution in [-0.2, 0) is 23.1 Å². The Bertz CT molecular complexity index is 960. The van der Waals surface area contributed by atoms with Crippen molar-refractivity contribution < 1.29 is 14.7 Å². The molecule has 1 aromatic carbocycles. The summed E-state index contributed by atoms with van der Waals surface area (Å²) in [5.41, 5.74) is 2.55. The van der Waals surface area contributed by atoms with Crippen molar-refractivity contribution in [1.29, 1.82) is 0 Å². The Morgan fingerprint density at radius 3 is 2.23 bits per heavy atom. The minimum atomic E-state index is -0.636. The molecular formula is C24H35N3O4. The fraction of sp³-hybridized carbons (Fsp3) is 0.625. The normalized spacial score (nSPS) is 16.8. The highest BCUT2D eigenvalue weighted by atomic mass is 16.3. The summed E-state index contributed by atoms with van der Waals surface area (Å²) in [6, 6.07) is 5.40. The first kappa shape index (κ1) is 23.3. The number of aryl methyl sites for hydroxylation is 2. The number of imidazole rings is 1. The topological polar surface area (TPSA) is 93.3 Å². The molecule has 0 bridgehead atoms. The zero-order valence-electron chi connectivity index (χ0n) is 18.6. The number of fused-ring (bicyclic) bond motifs is 1. The van der Waals surface area contributed by atoms with Crippen LogP contribution in [0.3, 0.4) is 0 Å². The van der Waals surface area contributed by atoms with Gasteiger partial charge in [-0.25, -0.2) is 4.79 Å². The van der Waals surface area contributed by atoms with Crippen LogP contribution in [0.5, 0.6) is 0 Å². The van der Waals surface area contributed by atoms with Gasteiger partial charge in [0.05, 0.1) is 11.0 Å². The second-order valence-electron chi connectivity index (χ2n) is 8.66. The van der Waals surface area contributed by atoms with Crippen molar-refractivity contribution in [2.75, 3.05) is 6.61 Å². The summed E-state index contributed by atoms with van der Waals surface area (Å²) in [7, 11) is 1.73. The maximum atomic E-state index is 12.8. The van der Waals surface area contributed by atoms with Gasteiger partial charge in [0.2, 0.25) is 11.8 Å². The number of aliphatic hydroxyl groups excluding tert-OH is 1. The van der Waals surface area contributed by atoms with Gasteiger partial charge in [0.1, 0.15) is 6.04 Å². The Balaban J connectivity index is 1.54. The summed E-state index contributed by atoms with van der Waals surface area (Å²) < 4.78 is 3.13. The van der Waals surface area contributed by atoms with Crippen LogP contribution < -0.4 is 11.0 Å². The van der Waals surface area contributed by atoms with Gasteiger partial charge in [-0.3, -0.25) is 24.0 Å². The molecule has 2 N–H and O–H groups in total. The highest BCUT2D eigenvalue weighted by molar-refractivity contribution is 6.00. The third kappa shape index (κ3) is 5.85. The summed E-state index contributed by atoms with van der Waals surface area (Å²) in [6.07, 6.45) is 12.2. The minimum absolute atomic E-state index is 0.222. The standard InChI is InChI=1S/C24H35N3O4/c1-26-21-17-18(11-9-7-5-3-2-4-6-8-10-16-28)12-13-19(21)27(24(26)31)20-14-15-22(29)25-23(20)30/h12-13,17,20,28H,2-11,14-16H2,1H3,(H,25,29,30). The van der Waals surface area contributed by atoms with E-state index in [0.717, 1.165) is 36.7 Å². The molecule has 2 heterocycles. The molecule has 1 fully saturated rings. The highest BCUT2D eigenvalue weighted by Crippen LogP contribution is 2.24. The lowest BCUT2D eigenvalue weighted by Crippen LogP contribution is -2.44. The Morgan fingerprint density at radius 2 is 1.58 bits per heavy atom. The third-order valence-corrected chi connectivity index (χ3v) is 6.30. The van der Waals surface area contributed by atoms with Gasteiger partial charge in [0.15, 0.2) is 0 Å². The largest absolute Gasteiger partial charge is 0.396 e. The molecule has 170 valence electrons. The molecule has 3 rings (SSSR count). The number of hydrogen-bond acceptors (Lipinski definition) is 4. The second-order valence-corrected chi connectivity index (χ2v) is 8.66. The van der Waals surface area contributed by atoms with Gasteiger partial charge in [0.25, 0.3) is 0 Å². The number of carbonyl (C=O) groups excluding carboxylic acids is 2. The van der Waals surface area contributed by atoms with E-state index in [9.17, 15) is 14.4 Å². The molecule has 31 heavy (non-hydrogen) atoms. The molecule has 0 aliphatic carbocycles. The molecule has 2 amide bonds. The Kier molecular flexibility index (Phi) is 8.46. The fourth-order valence-corrected chi connectivity index (χ4v) is 4.47. The number of piperidine rings is 1. The number of rotatable bonds is 12. The lowest BCUT2D eigenvalue weighted by atomic mass is 10.0. The predicted molar refractivity (Wildman–Crippen MR) is 121 cm³/mol. The lowest BCUT2D eigenvalue weighted by molar-refractivity contribution is -0.135. The van der Waals surface area contributed by atoms with Gasteiger partial charge in [-0.1, -0.05) is 51.0 Å². The molecule has 0 spiro atoms. The van der Waals surface area contributed by atoms with Crippen LogP contribution in [0.25, 0.3) is 11.0 Å². The second kappa shape index (κ2) is 11.3. The summed E-state index contributed by atoms with van der Waals surface area (Å²) in [6.45, 7) is 0.307. The van der Waals surface area contributed by atoms with E-state index in [-0.39, 0.29) is 18.0 Å². The lowest BCUT2D eigenvalue weighted by Gasteiger charge is -2.21. The zero-order valence-corrected chi connectivity index (χ0v) is 18.6. The van der Waals surface area contributed by atoms with Crippen molar-refractivity contribution in [3.8, 4) is 0 Å². The number of nitrogens with one attached hydrogen (secondary N) is 1. The van der Waals surface area contributed by atoms with E-state index in [1.54, 1.807) is 11.6 Å². The molecule has 0 saturated carbocycles. The summed E-state index contributed by atoms with van der Waals surface area (Å²) in [5.74, 6) is -0.679. The van der Waals surface area contributed by atoms with Gasteiger partial charge < -0.3 is 5.11 Å². The minimum Gasteiger partial charge on any atom is -0.396 e. The molecule has 7 nitrogen and oxygen atoms in total. The van der Waals surface area contributed by atoms with E-state index in [2.05, 4.69) is 11.4 Å². The maximum absolute atomic E-state index is 12.8. The first-order chi connectivity index (χ1) is 15.0. The molecule has 1 aromatic heterocycles. The van der Waals surface area contributed by atoms with Gasteiger partial charge >= 0.3 is 5.69 Å². The molecule has 7 heteroatoms. The average Bonchev–Trinajstić information content (AvgIpc) is 3.00. The van der Waals surface area contributed by atoms with Crippen LogP contribution in [-0.4, -0.2) is 32.7 Å². The van der Waals surface area contributed by atoms with Gasteiger partial charge in [-0.2, -0.15) is 0 Å². The van der Waals surface area contributed by atoms with E-state index >= 15 is 0 Å². The van der Waals surface area contributed by atoms with E-state index in [0.29, 0.717) is 13.0 Å². The Morgan fingerprint density at radius 1 is 0.935 bits per heavy atom. The number of nitrogens with zero attached hydrogens (tertiary/aromatic N) is 2. The van der Waals surface area contributed by atoms with Crippen LogP contribution in [0.2, 0.25) is 0 Å². The smallest absolute Gasteiger partial charge is 0.329 e. The molecule has 1 aliphatic heterocycles. The number of unbranched alkanes of at least 4 members (excludes halogenated alkanes) is 8. The van der Waals surface area contributed by atoms with E-state index in [1.807, 2.05) is 12.1 Å². The summed E-state index contributed by atoms with van der Waals surface area (Å²) in [4.78, 5) is 36.6. The molecule has 1 aliphatic rings. The van der Waals surface area contributed by atoms with Gasteiger partial charge in [0, 0.05) is 20.1 Å². The van der Waals surface area contributed by atoms with Crippen molar-refractivity contribution in [1.82, 2.24) is 14.5 Å². The van der Waals surface area contributed by atoms with Crippen LogP contribution in [0.1, 0.15) is 82.2 Å². The number of carbonyl (C=O) groups is 2. The Hall–Kier alpha value is -2.41. The first-order valence-corrected chi connectivity index (χ1v) is 11.7. The quantitative estimate of drug-likeness (QED) is 0.400. The van der Waals surface area contributed by atoms with E-state index < -0.39 is 11.9 Å². The summed E-state index contributed by atoms with van der Waals surface area (Å²) >= 11 is 0. The fourth-order valence-electron chi connectivity index (χ4n) is 4.47. The SMILES string of the molecule is Cn1c(=O)n(C2CCC(=O)NC2=O)c2ccc(CCCCCCCCCCCO)cc21. The number of benzene rings is 1. The molecule has 0 radical (unpaired) electrons. The van der Waals surface area contributed by atoms with E-state index in [4.69, 9.17) is 5.11 Å². The van der Waals surface area contributed by atoms with Crippen LogP contribution in [0.4, 0.5) is 0 Å². The average molecular weight is 430 g/mol. The third-order valence-electron chi connectivity index (χ3n) is 6.30. The van der Waals surface area contributed by atoms with Crippen molar-refractivity contribution in [3.05, 3.63) is 34.2 Å². The van der Waals surface area contributed by atoms with Crippen molar-refractivity contribution in [2.24, 2.45) is 7.05 Å². The van der Waals surface area contributed by atoms with Crippen LogP contribution >= 0.6 is 0 Å². The number of amides is 2. The number of aliphatic hydroxyl groups is 1. The monoisotopic (exact) mass is 429 g/mol. The van der Waals surface area contributed by atoms with Crippen molar-refractivity contribution in [3.63, 3.8) is 0 Å². The zero-order chi connectivity index (χ0) is 22.2.